The van der Waals surface area contributed by atoms with Crippen molar-refractivity contribution in [3.8, 4) is 0 Å². The predicted octanol–water partition coefficient (Wildman–Crippen LogP) is 2.16. The van der Waals surface area contributed by atoms with Crippen molar-refractivity contribution in [2.24, 2.45) is 0 Å². The van der Waals surface area contributed by atoms with E-state index in [1.165, 1.54) is 0 Å². The Morgan fingerprint density at radius 2 is 2.40 bits per heavy atom. The molecule has 0 radical (unpaired) electrons. The van der Waals surface area contributed by atoms with Crippen LogP contribution in [0.4, 0.5) is 0 Å². The molecule has 1 rings (SSSR count). The van der Waals surface area contributed by atoms with Gasteiger partial charge < -0.3 is 4.57 Å². The summed E-state index contributed by atoms with van der Waals surface area (Å²) in [6, 6.07) is 0.584. The first kappa shape index (κ1) is 7.32. The van der Waals surface area contributed by atoms with Gasteiger partial charge in [-0.2, -0.15) is 0 Å². The highest BCUT2D eigenvalue weighted by Gasteiger charge is 1.99. The van der Waals surface area contributed by atoms with Gasteiger partial charge in [0.15, 0.2) is 0 Å². The molecule has 0 fully saturated rings. The van der Waals surface area contributed by atoms with Crippen LogP contribution in [0, 0.1) is 6.92 Å². The van der Waals surface area contributed by atoms with Crippen LogP contribution in [-0.4, -0.2) is 9.55 Å². The lowest BCUT2D eigenvalue weighted by Gasteiger charge is -2.08. The summed E-state index contributed by atoms with van der Waals surface area (Å²) in [5.74, 6) is 0. The average Bonchev–Trinajstić information content (AvgIpc) is 2.34. The molecule has 0 spiro atoms. The van der Waals surface area contributed by atoms with Gasteiger partial charge in [-0.3, -0.25) is 0 Å². The van der Waals surface area contributed by atoms with Gasteiger partial charge in [-0.1, -0.05) is 6.92 Å². The zero-order valence-corrected chi connectivity index (χ0v) is 6.83. The van der Waals surface area contributed by atoms with E-state index in [0.717, 1.165) is 12.1 Å². The van der Waals surface area contributed by atoms with Crippen molar-refractivity contribution in [1.29, 1.82) is 0 Å². The van der Waals surface area contributed by atoms with Crippen LogP contribution in [0.1, 0.15) is 32.0 Å². The number of hydrogen-bond acceptors (Lipinski definition) is 1. The molecule has 0 amide bonds. The third-order valence-corrected chi connectivity index (χ3v) is 1.83. The first-order chi connectivity index (χ1) is 4.74. The van der Waals surface area contributed by atoms with E-state index in [1.807, 2.05) is 13.3 Å². The lowest BCUT2D eigenvalue weighted by molar-refractivity contribution is 0.530. The van der Waals surface area contributed by atoms with E-state index < -0.39 is 0 Å². The fraction of sp³-hybridized carbons (Fsp3) is 0.625. The smallest absolute Gasteiger partial charge is 0.0951 e. The van der Waals surface area contributed by atoms with Gasteiger partial charge in [-0.15, -0.1) is 0 Å². The third-order valence-electron chi connectivity index (χ3n) is 1.83. The number of aromatic nitrogens is 2. The Morgan fingerprint density at radius 1 is 1.70 bits per heavy atom. The van der Waals surface area contributed by atoms with Gasteiger partial charge in [0.1, 0.15) is 0 Å². The zero-order chi connectivity index (χ0) is 7.56. The molecule has 1 heterocycles. The van der Waals surface area contributed by atoms with Crippen LogP contribution in [0.5, 0.6) is 0 Å². The first-order valence-corrected chi connectivity index (χ1v) is 3.74. The van der Waals surface area contributed by atoms with Gasteiger partial charge in [-0.25, -0.2) is 4.98 Å². The van der Waals surface area contributed by atoms with Crippen LogP contribution in [0.3, 0.4) is 0 Å². The molecule has 2 nitrogen and oxygen atoms in total. The summed E-state index contributed by atoms with van der Waals surface area (Å²) in [4.78, 5) is 4.15. The van der Waals surface area contributed by atoms with E-state index in [0.29, 0.717) is 6.04 Å². The maximum Gasteiger partial charge on any atom is 0.0951 e. The molecule has 1 aromatic heterocycles. The van der Waals surface area contributed by atoms with E-state index in [1.54, 1.807) is 0 Å². The van der Waals surface area contributed by atoms with E-state index in [4.69, 9.17) is 0 Å². The number of aryl methyl sites for hydroxylation is 1. The molecule has 1 aromatic rings. The minimum atomic E-state index is 0.584. The number of hydrogen-bond donors (Lipinski definition) is 0. The molecule has 0 saturated carbocycles. The van der Waals surface area contributed by atoms with Crippen molar-refractivity contribution in [1.82, 2.24) is 9.55 Å². The summed E-state index contributed by atoms with van der Waals surface area (Å²) in [5.41, 5.74) is 1.10. The zero-order valence-electron chi connectivity index (χ0n) is 6.83. The summed E-state index contributed by atoms with van der Waals surface area (Å²) in [6.45, 7) is 6.39. The minimum Gasteiger partial charge on any atom is -0.334 e. The van der Waals surface area contributed by atoms with Crippen molar-refractivity contribution in [3.05, 3.63) is 18.2 Å². The van der Waals surface area contributed by atoms with Crippen LogP contribution < -0.4 is 0 Å². The second-order valence-corrected chi connectivity index (χ2v) is 2.72. The quantitative estimate of drug-likeness (QED) is 0.612. The van der Waals surface area contributed by atoms with Gasteiger partial charge in [0.05, 0.1) is 12.0 Å². The van der Waals surface area contributed by atoms with Gasteiger partial charge in [-0.05, 0) is 20.3 Å². The van der Waals surface area contributed by atoms with Crippen LogP contribution in [0.25, 0.3) is 0 Å². The average molecular weight is 138 g/mol. The minimum absolute atomic E-state index is 0.584. The largest absolute Gasteiger partial charge is 0.334 e. The number of nitrogens with zero attached hydrogens (tertiary/aromatic N) is 2. The van der Waals surface area contributed by atoms with Crippen LogP contribution >= 0.6 is 0 Å². The monoisotopic (exact) mass is 138 g/mol. The molecule has 0 aliphatic rings. The van der Waals surface area contributed by atoms with E-state index in [9.17, 15) is 0 Å². The molecule has 0 bridgehead atoms. The Hall–Kier alpha value is -0.790. The molecule has 1 atom stereocenters. The molecular weight excluding hydrogens is 124 g/mol. The molecule has 1 unspecified atom stereocenters. The normalized spacial score (nSPS) is 13.5. The van der Waals surface area contributed by atoms with Gasteiger partial charge in [0.2, 0.25) is 0 Å². The van der Waals surface area contributed by atoms with Crippen molar-refractivity contribution in [3.63, 3.8) is 0 Å². The second kappa shape index (κ2) is 2.86. The van der Waals surface area contributed by atoms with Crippen LogP contribution in [0.2, 0.25) is 0 Å². The SMILES string of the molecule is CCC(C)n1cnc(C)c1. The highest BCUT2D eigenvalue weighted by molar-refractivity contribution is 4.93. The summed E-state index contributed by atoms with van der Waals surface area (Å²) in [6.07, 6.45) is 5.13. The Morgan fingerprint density at radius 3 is 2.80 bits per heavy atom. The summed E-state index contributed by atoms with van der Waals surface area (Å²) < 4.78 is 2.15. The molecule has 10 heavy (non-hydrogen) atoms. The lowest BCUT2D eigenvalue weighted by Crippen LogP contribution is -1.99. The molecule has 2 heteroatoms. The van der Waals surface area contributed by atoms with E-state index in [-0.39, 0.29) is 0 Å². The highest BCUT2D eigenvalue weighted by atomic mass is 15.1. The number of rotatable bonds is 2. The van der Waals surface area contributed by atoms with Crippen molar-refractivity contribution in [2.75, 3.05) is 0 Å². The van der Waals surface area contributed by atoms with Gasteiger partial charge >= 0.3 is 0 Å². The van der Waals surface area contributed by atoms with Gasteiger partial charge in [0, 0.05) is 12.2 Å². The Bertz CT molecular complexity index is 203. The third kappa shape index (κ3) is 1.38. The van der Waals surface area contributed by atoms with Crippen LogP contribution in [-0.2, 0) is 0 Å². The summed E-state index contributed by atoms with van der Waals surface area (Å²) in [5, 5.41) is 0. The fourth-order valence-corrected chi connectivity index (χ4v) is 0.892. The molecule has 0 N–H and O–H groups in total. The molecular formula is C8H14N2. The first-order valence-electron chi connectivity index (χ1n) is 3.74. The molecule has 56 valence electrons. The van der Waals surface area contributed by atoms with Crippen molar-refractivity contribution < 1.29 is 0 Å². The predicted molar refractivity (Wildman–Crippen MR) is 42.0 cm³/mol. The topological polar surface area (TPSA) is 17.8 Å². The molecule has 0 aromatic carbocycles. The standard InChI is InChI=1S/C8H14N2/c1-4-8(3)10-5-7(2)9-6-10/h5-6,8H,4H2,1-3H3. The lowest BCUT2D eigenvalue weighted by atomic mass is 10.3. The van der Waals surface area contributed by atoms with Crippen molar-refractivity contribution >= 4 is 0 Å². The number of imidazole rings is 1. The highest BCUT2D eigenvalue weighted by Crippen LogP contribution is 2.09. The molecule has 0 aliphatic heterocycles. The Balaban J connectivity index is 2.74. The molecule has 0 aliphatic carbocycles. The van der Waals surface area contributed by atoms with Crippen molar-refractivity contribution in [2.45, 2.75) is 33.2 Å². The maximum atomic E-state index is 4.15. The Kier molecular flexibility index (Phi) is 2.10. The van der Waals surface area contributed by atoms with Crippen LogP contribution in [0.15, 0.2) is 12.5 Å². The fourth-order valence-electron chi connectivity index (χ4n) is 0.892. The second-order valence-electron chi connectivity index (χ2n) is 2.72. The van der Waals surface area contributed by atoms with E-state index in [2.05, 4.69) is 29.6 Å². The van der Waals surface area contributed by atoms with E-state index >= 15 is 0 Å². The molecule has 0 saturated heterocycles. The maximum absolute atomic E-state index is 4.15. The Labute approximate surface area is 61.9 Å². The van der Waals surface area contributed by atoms with Gasteiger partial charge in [0.25, 0.3) is 0 Å². The summed E-state index contributed by atoms with van der Waals surface area (Å²) in [7, 11) is 0. The summed E-state index contributed by atoms with van der Waals surface area (Å²) >= 11 is 0.